The Labute approximate surface area is 115 Å². The average Bonchev–Trinajstić information content (AvgIpc) is 2.38. The van der Waals surface area contributed by atoms with Crippen molar-refractivity contribution in [2.75, 3.05) is 13.6 Å². The van der Waals surface area contributed by atoms with Crippen molar-refractivity contribution in [3.05, 3.63) is 34.9 Å². The molecule has 2 rings (SSSR count). The predicted molar refractivity (Wildman–Crippen MR) is 76.3 cm³/mol. The Balaban J connectivity index is 1.86. The van der Waals surface area contributed by atoms with E-state index in [0.717, 1.165) is 19.5 Å². The van der Waals surface area contributed by atoms with E-state index in [9.17, 15) is 4.79 Å². The molecule has 0 amide bonds. The number of nitrogens with zero attached hydrogens (tertiary/aromatic N) is 1. The molecule has 0 unspecified atom stereocenters. The van der Waals surface area contributed by atoms with E-state index < -0.39 is 5.97 Å². The van der Waals surface area contributed by atoms with Crippen molar-refractivity contribution in [2.45, 2.75) is 45.1 Å². The molecule has 0 aliphatic heterocycles. The molecule has 0 saturated heterocycles. The zero-order valence-electron chi connectivity index (χ0n) is 11.7. The van der Waals surface area contributed by atoms with E-state index in [1.165, 1.54) is 42.4 Å². The molecular weight excluding hydrogens is 238 g/mol. The highest BCUT2D eigenvalue weighted by molar-refractivity contribution is 5.66. The summed E-state index contributed by atoms with van der Waals surface area (Å²) in [4.78, 5) is 12.7. The van der Waals surface area contributed by atoms with Gasteiger partial charge in [-0.15, -0.1) is 0 Å². The number of hydrogen-bond donors (Lipinski definition) is 1. The first-order chi connectivity index (χ1) is 9.15. The topological polar surface area (TPSA) is 40.5 Å². The van der Waals surface area contributed by atoms with Crippen LogP contribution in [0.3, 0.4) is 0 Å². The predicted octanol–water partition coefficient (Wildman–Crippen LogP) is 2.86. The molecule has 1 aliphatic carbocycles. The Morgan fingerprint density at radius 3 is 2.74 bits per heavy atom. The summed E-state index contributed by atoms with van der Waals surface area (Å²) in [6.45, 7) is 1.75. The third-order valence-corrected chi connectivity index (χ3v) is 3.80. The molecule has 0 saturated carbocycles. The Morgan fingerprint density at radius 1 is 1.26 bits per heavy atom. The minimum absolute atomic E-state index is 0.258. The van der Waals surface area contributed by atoms with Gasteiger partial charge in [0.15, 0.2) is 0 Å². The molecule has 104 valence electrons. The SMILES string of the molecule is CN(CCCC(=O)O)Cc1ccc2c(c1)CCCC2. The second-order valence-electron chi connectivity index (χ2n) is 5.55. The second kappa shape index (κ2) is 6.71. The Hall–Kier alpha value is -1.35. The van der Waals surface area contributed by atoms with Crippen molar-refractivity contribution in [3.63, 3.8) is 0 Å². The van der Waals surface area contributed by atoms with Gasteiger partial charge in [0, 0.05) is 13.0 Å². The molecule has 19 heavy (non-hydrogen) atoms. The molecule has 1 aliphatic rings. The summed E-state index contributed by atoms with van der Waals surface area (Å²) in [5, 5.41) is 8.63. The maximum Gasteiger partial charge on any atom is 0.303 e. The van der Waals surface area contributed by atoms with Gasteiger partial charge < -0.3 is 10.0 Å². The van der Waals surface area contributed by atoms with Gasteiger partial charge >= 0.3 is 5.97 Å². The number of carboxylic acid groups (broad SMARTS) is 1. The van der Waals surface area contributed by atoms with E-state index in [-0.39, 0.29) is 6.42 Å². The molecule has 0 bridgehead atoms. The number of hydrogen-bond acceptors (Lipinski definition) is 2. The van der Waals surface area contributed by atoms with Gasteiger partial charge in [0.05, 0.1) is 0 Å². The number of benzene rings is 1. The van der Waals surface area contributed by atoms with Gasteiger partial charge in [-0.25, -0.2) is 0 Å². The number of fused-ring (bicyclic) bond motifs is 1. The number of rotatable bonds is 6. The Kier molecular flexibility index (Phi) is 4.97. The van der Waals surface area contributed by atoms with Crippen LogP contribution in [0.5, 0.6) is 0 Å². The molecule has 0 fully saturated rings. The van der Waals surface area contributed by atoms with Crippen molar-refractivity contribution >= 4 is 5.97 Å². The third kappa shape index (κ3) is 4.35. The lowest BCUT2D eigenvalue weighted by molar-refractivity contribution is -0.137. The largest absolute Gasteiger partial charge is 0.481 e. The lowest BCUT2D eigenvalue weighted by atomic mass is 9.90. The van der Waals surface area contributed by atoms with Crippen LogP contribution in [0.2, 0.25) is 0 Å². The van der Waals surface area contributed by atoms with Gasteiger partial charge in [-0.3, -0.25) is 4.79 Å². The maximum atomic E-state index is 10.5. The molecule has 3 nitrogen and oxygen atoms in total. The standard InChI is InChI=1S/C16H23NO2/c1-17(10-4-7-16(18)19)12-13-8-9-14-5-2-3-6-15(14)11-13/h8-9,11H,2-7,10,12H2,1H3,(H,18,19). The summed E-state index contributed by atoms with van der Waals surface area (Å²) in [6.07, 6.45) is 6.05. The van der Waals surface area contributed by atoms with E-state index >= 15 is 0 Å². The third-order valence-electron chi connectivity index (χ3n) is 3.80. The van der Waals surface area contributed by atoms with E-state index in [1.807, 2.05) is 0 Å². The minimum atomic E-state index is -0.706. The fraction of sp³-hybridized carbons (Fsp3) is 0.562. The number of aliphatic carboxylic acids is 1. The van der Waals surface area contributed by atoms with Crippen LogP contribution in [0.4, 0.5) is 0 Å². The number of carbonyl (C=O) groups is 1. The lowest BCUT2D eigenvalue weighted by Gasteiger charge is -2.20. The molecule has 1 aromatic rings. The van der Waals surface area contributed by atoms with Gasteiger partial charge in [0.1, 0.15) is 0 Å². The van der Waals surface area contributed by atoms with E-state index in [1.54, 1.807) is 0 Å². The van der Waals surface area contributed by atoms with Gasteiger partial charge in [0.25, 0.3) is 0 Å². The van der Waals surface area contributed by atoms with Crippen LogP contribution in [0.25, 0.3) is 0 Å². The molecule has 0 heterocycles. The monoisotopic (exact) mass is 261 g/mol. The molecule has 1 N–H and O–H groups in total. The molecule has 3 heteroatoms. The maximum absolute atomic E-state index is 10.5. The van der Waals surface area contributed by atoms with Gasteiger partial charge in [-0.1, -0.05) is 18.2 Å². The summed E-state index contributed by atoms with van der Waals surface area (Å²) in [6, 6.07) is 6.83. The summed E-state index contributed by atoms with van der Waals surface area (Å²) in [5.74, 6) is -0.706. The summed E-state index contributed by atoms with van der Waals surface area (Å²) < 4.78 is 0. The first-order valence-electron chi connectivity index (χ1n) is 7.16. The molecule has 0 aromatic heterocycles. The fourth-order valence-corrected chi connectivity index (χ4v) is 2.78. The second-order valence-corrected chi connectivity index (χ2v) is 5.55. The first kappa shape index (κ1) is 14.1. The fourth-order valence-electron chi connectivity index (χ4n) is 2.78. The van der Waals surface area contributed by atoms with Gasteiger partial charge in [-0.05, 0) is 62.4 Å². The highest BCUT2D eigenvalue weighted by atomic mass is 16.4. The van der Waals surface area contributed by atoms with Crippen LogP contribution in [0.15, 0.2) is 18.2 Å². The summed E-state index contributed by atoms with van der Waals surface area (Å²) >= 11 is 0. The number of aryl methyl sites for hydroxylation is 2. The van der Waals surface area contributed by atoms with E-state index in [0.29, 0.717) is 0 Å². The van der Waals surface area contributed by atoms with Crippen molar-refractivity contribution in [1.82, 2.24) is 4.90 Å². The first-order valence-corrected chi connectivity index (χ1v) is 7.16. The highest BCUT2D eigenvalue weighted by Crippen LogP contribution is 2.22. The summed E-state index contributed by atoms with van der Waals surface area (Å²) in [7, 11) is 2.06. The Morgan fingerprint density at radius 2 is 2.00 bits per heavy atom. The van der Waals surface area contributed by atoms with Crippen molar-refractivity contribution < 1.29 is 9.90 Å². The number of carboxylic acids is 1. The average molecular weight is 261 g/mol. The van der Waals surface area contributed by atoms with Crippen molar-refractivity contribution in [1.29, 1.82) is 0 Å². The van der Waals surface area contributed by atoms with E-state index in [4.69, 9.17) is 5.11 Å². The normalized spacial score (nSPS) is 14.4. The zero-order valence-corrected chi connectivity index (χ0v) is 11.7. The molecular formula is C16H23NO2. The van der Waals surface area contributed by atoms with Gasteiger partial charge in [0.2, 0.25) is 0 Å². The van der Waals surface area contributed by atoms with Crippen LogP contribution in [0.1, 0.15) is 42.4 Å². The Bertz CT molecular complexity index is 442. The molecule has 0 radical (unpaired) electrons. The quantitative estimate of drug-likeness (QED) is 0.856. The highest BCUT2D eigenvalue weighted by Gasteiger charge is 2.10. The lowest BCUT2D eigenvalue weighted by Crippen LogP contribution is -2.20. The van der Waals surface area contributed by atoms with Crippen LogP contribution in [-0.2, 0) is 24.2 Å². The van der Waals surface area contributed by atoms with Crippen LogP contribution >= 0.6 is 0 Å². The smallest absolute Gasteiger partial charge is 0.303 e. The molecule has 0 atom stereocenters. The molecule has 0 spiro atoms. The molecule has 1 aromatic carbocycles. The van der Waals surface area contributed by atoms with Crippen LogP contribution < -0.4 is 0 Å². The van der Waals surface area contributed by atoms with Crippen LogP contribution in [0, 0.1) is 0 Å². The zero-order chi connectivity index (χ0) is 13.7. The van der Waals surface area contributed by atoms with Crippen molar-refractivity contribution in [2.24, 2.45) is 0 Å². The van der Waals surface area contributed by atoms with Crippen molar-refractivity contribution in [3.8, 4) is 0 Å². The van der Waals surface area contributed by atoms with E-state index in [2.05, 4.69) is 30.1 Å². The van der Waals surface area contributed by atoms with Gasteiger partial charge in [-0.2, -0.15) is 0 Å². The minimum Gasteiger partial charge on any atom is -0.481 e. The van der Waals surface area contributed by atoms with Crippen LogP contribution in [-0.4, -0.2) is 29.6 Å². The summed E-state index contributed by atoms with van der Waals surface area (Å²) in [5.41, 5.74) is 4.38.